The summed E-state index contributed by atoms with van der Waals surface area (Å²) in [5.41, 5.74) is 0.457. The number of hydrogen-bond acceptors (Lipinski definition) is 2. The van der Waals surface area contributed by atoms with Gasteiger partial charge in [-0.25, -0.2) is 0 Å². The average Bonchev–Trinajstić information content (AvgIpc) is 2.10. The molecule has 0 amide bonds. The lowest BCUT2D eigenvalue weighted by molar-refractivity contribution is 0.0498. The van der Waals surface area contributed by atoms with Crippen LogP contribution in [-0.4, -0.2) is 27.3 Å². The van der Waals surface area contributed by atoms with E-state index in [1.807, 2.05) is 14.2 Å². The van der Waals surface area contributed by atoms with Crippen molar-refractivity contribution in [2.75, 3.05) is 27.3 Å². The van der Waals surface area contributed by atoms with Gasteiger partial charge >= 0.3 is 0 Å². The molecule has 0 aliphatic heterocycles. The van der Waals surface area contributed by atoms with E-state index in [0.29, 0.717) is 5.41 Å². The van der Waals surface area contributed by atoms with Gasteiger partial charge in [-0.1, -0.05) is 6.92 Å². The Kier molecular flexibility index (Phi) is 4.20. The molecule has 0 spiro atoms. The molecule has 0 atom stereocenters. The van der Waals surface area contributed by atoms with Crippen molar-refractivity contribution < 1.29 is 4.74 Å². The zero-order valence-electron chi connectivity index (χ0n) is 9.23. The molecule has 1 aliphatic rings. The van der Waals surface area contributed by atoms with E-state index in [1.54, 1.807) is 0 Å². The Bertz CT molecular complexity index is 139. The standard InChI is InChI=1S/C11H23NO/c1-11(9-13-3)6-4-10(5-7-11)8-12-2/h10,12H,4-9H2,1-3H3. The van der Waals surface area contributed by atoms with Gasteiger partial charge in [0.05, 0.1) is 6.61 Å². The van der Waals surface area contributed by atoms with E-state index in [4.69, 9.17) is 4.74 Å². The van der Waals surface area contributed by atoms with Gasteiger partial charge in [0.25, 0.3) is 0 Å². The van der Waals surface area contributed by atoms with E-state index >= 15 is 0 Å². The van der Waals surface area contributed by atoms with Gasteiger partial charge in [-0.3, -0.25) is 0 Å². The van der Waals surface area contributed by atoms with Crippen molar-refractivity contribution >= 4 is 0 Å². The normalized spacial score (nSPS) is 34.8. The van der Waals surface area contributed by atoms with Gasteiger partial charge in [-0.05, 0) is 50.6 Å². The van der Waals surface area contributed by atoms with Crippen LogP contribution in [0.1, 0.15) is 32.6 Å². The lowest BCUT2D eigenvalue weighted by Gasteiger charge is -2.36. The topological polar surface area (TPSA) is 21.3 Å². The molecule has 0 bridgehead atoms. The first kappa shape index (κ1) is 11.0. The Morgan fingerprint density at radius 2 is 2.00 bits per heavy atom. The number of hydrogen-bond donors (Lipinski definition) is 1. The summed E-state index contributed by atoms with van der Waals surface area (Å²) >= 11 is 0. The fourth-order valence-corrected chi connectivity index (χ4v) is 2.36. The number of methoxy groups -OCH3 is 1. The highest BCUT2D eigenvalue weighted by molar-refractivity contribution is 4.82. The minimum atomic E-state index is 0.457. The van der Waals surface area contributed by atoms with Crippen molar-refractivity contribution in [3.05, 3.63) is 0 Å². The Morgan fingerprint density at radius 1 is 1.38 bits per heavy atom. The van der Waals surface area contributed by atoms with Crippen LogP contribution in [0.15, 0.2) is 0 Å². The third kappa shape index (κ3) is 3.28. The quantitative estimate of drug-likeness (QED) is 0.724. The summed E-state index contributed by atoms with van der Waals surface area (Å²) in [6.07, 6.45) is 5.38. The summed E-state index contributed by atoms with van der Waals surface area (Å²) in [4.78, 5) is 0. The van der Waals surface area contributed by atoms with Crippen LogP contribution < -0.4 is 5.32 Å². The molecular weight excluding hydrogens is 162 g/mol. The van der Waals surface area contributed by atoms with E-state index in [1.165, 1.54) is 32.2 Å². The van der Waals surface area contributed by atoms with Gasteiger partial charge < -0.3 is 10.1 Å². The van der Waals surface area contributed by atoms with Crippen LogP contribution in [0.5, 0.6) is 0 Å². The van der Waals surface area contributed by atoms with Crippen LogP contribution in [-0.2, 0) is 4.74 Å². The Balaban J connectivity index is 2.28. The summed E-state index contributed by atoms with van der Waals surface area (Å²) in [5, 5.41) is 3.27. The minimum absolute atomic E-state index is 0.457. The van der Waals surface area contributed by atoms with Crippen molar-refractivity contribution in [3.8, 4) is 0 Å². The van der Waals surface area contributed by atoms with Crippen molar-refractivity contribution in [1.82, 2.24) is 5.32 Å². The molecule has 0 saturated heterocycles. The smallest absolute Gasteiger partial charge is 0.0515 e. The number of rotatable bonds is 4. The first-order valence-corrected chi connectivity index (χ1v) is 5.34. The molecule has 2 heteroatoms. The first-order chi connectivity index (χ1) is 6.20. The molecule has 1 aliphatic carbocycles. The summed E-state index contributed by atoms with van der Waals surface area (Å²) in [6.45, 7) is 4.47. The third-order valence-corrected chi connectivity index (χ3v) is 3.30. The minimum Gasteiger partial charge on any atom is -0.384 e. The van der Waals surface area contributed by atoms with Gasteiger partial charge in [-0.2, -0.15) is 0 Å². The molecule has 0 heterocycles. The van der Waals surface area contributed by atoms with Crippen molar-refractivity contribution in [3.63, 3.8) is 0 Å². The van der Waals surface area contributed by atoms with Gasteiger partial charge in [0.2, 0.25) is 0 Å². The molecule has 0 aromatic carbocycles. The molecule has 2 nitrogen and oxygen atoms in total. The third-order valence-electron chi connectivity index (χ3n) is 3.30. The molecule has 0 aromatic heterocycles. The van der Waals surface area contributed by atoms with Gasteiger partial charge in [0, 0.05) is 7.11 Å². The summed E-state index contributed by atoms with van der Waals surface area (Å²) < 4.78 is 5.26. The van der Waals surface area contributed by atoms with Crippen molar-refractivity contribution in [2.24, 2.45) is 11.3 Å². The summed E-state index contributed by atoms with van der Waals surface area (Å²) in [5.74, 6) is 0.898. The average molecular weight is 185 g/mol. The molecule has 1 saturated carbocycles. The van der Waals surface area contributed by atoms with Gasteiger partial charge in [0.15, 0.2) is 0 Å². The Morgan fingerprint density at radius 3 is 2.46 bits per heavy atom. The largest absolute Gasteiger partial charge is 0.384 e. The number of nitrogens with one attached hydrogen (secondary N) is 1. The fraction of sp³-hybridized carbons (Fsp3) is 1.00. The molecule has 13 heavy (non-hydrogen) atoms. The van der Waals surface area contributed by atoms with Crippen LogP contribution in [0.3, 0.4) is 0 Å². The zero-order chi connectivity index (χ0) is 9.73. The highest BCUT2D eigenvalue weighted by Gasteiger charge is 2.30. The second-order valence-electron chi connectivity index (χ2n) is 4.74. The maximum atomic E-state index is 5.26. The van der Waals surface area contributed by atoms with Crippen LogP contribution >= 0.6 is 0 Å². The first-order valence-electron chi connectivity index (χ1n) is 5.34. The van der Waals surface area contributed by atoms with E-state index in [2.05, 4.69) is 12.2 Å². The lowest BCUT2D eigenvalue weighted by atomic mass is 9.72. The van der Waals surface area contributed by atoms with E-state index < -0.39 is 0 Å². The monoisotopic (exact) mass is 185 g/mol. The molecule has 0 radical (unpaired) electrons. The maximum absolute atomic E-state index is 5.26. The van der Waals surface area contributed by atoms with E-state index in [-0.39, 0.29) is 0 Å². The Hall–Kier alpha value is -0.0800. The lowest BCUT2D eigenvalue weighted by Crippen LogP contribution is -2.32. The molecule has 0 aromatic rings. The Labute approximate surface area is 82.0 Å². The summed E-state index contributed by atoms with van der Waals surface area (Å²) in [6, 6.07) is 0. The molecule has 1 N–H and O–H groups in total. The van der Waals surface area contributed by atoms with Crippen LogP contribution in [0.4, 0.5) is 0 Å². The second kappa shape index (κ2) is 4.97. The molecular formula is C11H23NO. The predicted molar refractivity (Wildman–Crippen MR) is 55.9 cm³/mol. The fourth-order valence-electron chi connectivity index (χ4n) is 2.36. The zero-order valence-corrected chi connectivity index (χ0v) is 9.23. The SMILES string of the molecule is CNCC1CCC(C)(COC)CC1. The maximum Gasteiger partial charge on any atom is 0.0515 e. The van der Waals surface area contributed by atoms with Crippen molar-refractivity contribution in [1.29, 1.82) is 0 Å². The van der Waals surface area contributed by atoms with Crippen LogP contribution in [0.2, 0.25) is 0 Å². The summed E-state index contributed by atoms with van der Waals surface area (Å²) in [7, 11) is 3.86. The van der Waals surface area contributed by atoms with E-state index in [9.17, 15) is 0 Å². The molecule has 0 unspecified atom stereocenters. The van der Waals surface area contributed by atoms with E-state index in [0.717, 1.165) is 12.5 Å². The van der Waals surface area contributed by atoms with Crippen molar-refractivity contribution in [2.45, 2.75) is 32.6 Å². The van der Waals surface area contributed by atoms with Gasteiger partial charge in [-0.15, -0.1) is 0 Å². The highest BCUT2D eigenvalue weighted by atomic mass is 16.5. The number of ether oxygens (including phenoxy) is 1. The van der Waals surface area contributed by atoms with Crippen LogP contribution in [0.25, 0.3) is 0 Å². The van der Waals surface area contributed by atoms with Crippen LogP contribution in [0, 0.1) is 11.3 Å². The van der Waals surface area contributed by atoms with Gasteiger partial charge in [0.1, 0.15) is 0 Å². The second-order valence-corrected chi connectivity index (χ2v) is 4.74. The molecule has 78 valence electrons. The highest BCUT2D eigenvalue weighted by Crippen LogP contribution is 2.38. The predicted octanol–water partition coefficient (Wildman–Crippen LogP) is 2.05. The molecule has 1 rings (SSSR count). The molecule has 1 fully saturated rings.